The van der Waals surface area contributed by atoms with Gasteiger partial charge in [-0.1, -0.05) is 4.47 Å². The van der Waals surface area contributed by atoms with Gasteiger partial charge in [-0.2, -0.15) is 0 Å². The number of ether oxygens (including phenoxy) is 1. The molecule has 0 saturated heterocycles. The van der Waals surface area contributed by atoms with E-state index in [4.69, 9.17) is 9.57 Å². The van der Waals surface area contributed by atoms with Gasteiger partial charge < -0.3 is 10.1 Å². The number of carbonyl (C=O) groups excluding carboxylic acids is 1. The molecular weight excluding hydrogens is 351 g/mol. The maximum atomic E-state index is 12.9. The Hall–Kier alpha value is -2.49. The van der Waals surface area contributed by atoms with Gasteiger partial charge in [-0.05, 0) is 42.5 Å². The third-order valence-corrected chi connectivity index (χ3v) is 5.10. The van der Waals surface area contributed by atoms with Crippen molar-refractivity contribution in [2.45, 2.75) is 4.90 Å². The number of amides is 1. The molecule has 0 aliphatic heterocycles. The van der Waals surface area contributed by atoms with Crippen molar-refractivity contribution in [3.05, 3.63) is 53.8 Å². The Bertz CT molecular complexity index is 869. The second kappa shape index (κ2) is 7.60. The molecule has 0 radical (unpaired) electrons. The Morgan fingerprint density at radius 1 is 1.12 bits per heavy atom. The molecule has 9 heteroatoms. The molecule has 0 aliphatic rings. The maximum absolute atomic E-state index is 12.9. The Morgan fingerprint density at radius 3 is 2.32 bits per heavy atom. The number of hydrogen-bond donors (Lipinski definition) is 1. The molecule has 2 rings (SSSR count). The van der Waals surface area contributed by atoms with Crippen molar-refractivity contribution in [1.82, 2.24) is 4.47 Å². The highest BCUT2D eigenvalue weighted by Crippen LogP contribution is 2.27. The average molecular weight is 368 g/mol. The van der Waals surface area contributed by atoms with Crippen molar-refractivity contribution >= 4 is 21.6 Å². The molecule has 25 heavy (non-hydrogen) atoms. The van der Waals surface area contributed by atoms with E-state index in [1.807, 2.05) is 0 Å². The first-order valence-electron chi connectivity index (χ1n) is 7.07. The number of sulfonamides is 1. The van der Waals surface area contributed by atoms with Gasteiger partial charge in [0.2, 0.25) is 0 Å². The Balaban J connectivity index is 2.38. The van der Waals surface area contributed by atoms with Crippen LogP contribution in [0.15, 0.2) is 47.4 Å². The maximum Gasteiger partial charge on any atom is 0.268 e. The number of anilines is 1. The van der Waals surface area contributed by atoms with Crippen LogP contribution in [0.4, 0.5) is 10.1 Å². The zero-order valence-electron chi connectivity index (χ0n) is 13.8. The van der Waals surface area contributed by atoms with E-state index in [-0.39, 0.29) is 16.2 Å². The molecule has 1 N–H and O–H groups in total. The third-order valence-electron chi connectivity index (χ3n) is 3.40. The number of nitrogens with zero attached hydrogens (tertiary/aromatic N) is 1. The predicted molar refractivity (Wildman–Crippen MR) is 89.3 cm³/mol. The number of nitrogens with one attached hydrogen (secondary N) is 1. The SMILES string of the molecule is COc1ccc(C(=O)Nc2ccc(F)cc2)cc1S(=O)(=O)N(C)OC. The normalized spacial score (nSPS) is 11.4. The van der Waals surface area contributed by atoms with Gasteiger partial charge in [-0.3, -0.25) is 9.63 Å². The summed E-state index contributed by atoms with van der Waals surface area (Å²) in [6.45, 7) is 0. The lowest BCUT2D eigenvalue weighted by Crippen LogP contribution is -2.26. The van der Waals surface area contributed by atoms with Crippen molar-refractivity contribution in [3.8, 4) is 5.75 Å². The summed E-state index contributed by atoms with van der Waals surface area (Å²) in [4.78, 5) is 16.8. The molecular formula is C16H17FN2O5S. The number of hydrogen-bond acceptors (Lipinski definition) is 5. The highest BCUT2D eigenvalue weighted by molar-refractivity contribution is 7.89. The summed E-state index contributed by atoms with van der Waals surface area (Å²) < 4.78 is 43.6. The van der Waals surface area contributed by atoms with Gasteiger partial charge in [0.25, 0.3) is 15.9 Å². The lowest BCUT2D eigenvalue weighted by atomic mass is 10.2. The smallest absolute Gasteiger partial charge is 0.268 e. The third kappa shape index (κ3) is 4.13. The van der Waals surface area contributed by atoms with Gasteiger partial charge >= 0.3 is 0 Å². The van der Waals surface area contributed by atoms with E-state index in [2.05, 4.69) is 5.32 Å². The van der Waals surface area contributed by atoms with E-state index in [9.17, 15) is 17.6 Å². The molecule has 0 heterocycles. The zero-order chi connectivity index (χ0) is 18.6. The molecule has 0 unspecified atom stereocenters. The van der Waals surface area contributed by atoms with Crippen LogP contribution in [0.5, 0.6) is 5.75 Å². The van der Waals surface area contributed by atoms with E-state index in [0.29, 0.717) is 10.2 Å². The van der Waals surface area contributed by atoms with Crippen molar-refractivity contribution in [2.24, 2.45) is 0 Å². The molecule has 0 fully saturated rings. The zero-order valence-corrected chi connectivity index (χ0v) is 14.6. The summed E-state index contributed by atoms with van der Waals surface area (Å²) in [5.41, 5.74) is 0.467. The number of halogens is 1. The van der Waals surface area contributed by atoms with Crippen LogP contribution >= 0.6 is 0 Å². The van der Waals surface area contributed by atoms with Crippen LogP contribution in [0.25, 0.3) is 0 Å². The van der Waals surface area contributed by atoms with Crippen molar-refractivity contribution in [1.29, 1.82) is 0 Å². The van der Waals surface area contributed by atoms with E-state index < -0.39 is 21.7 Å². The highest BCUT2D eigenvalue weighted by Gasteiger charge is 2.26. The summed E-state index contributed by atoms with van der Waals surface area (Å²) in [6, 6.07) is 9.17. The Morgan fingerprint density at radius 2 is 1.76 bits per heavy atom. The monoisotopic (exact) mass is 368 g/mol. The minimum absolute atomic E-state index is 0.0715. The topological polar surface area (TPSA) is 84.9 Å². The quantitative estimate of drug-likeness (QED) is 0.791. The van der Waals surface area contributed by atoms with Crippen LogP contribution in [0, 0.1) is 5.82 Å². The molecule has 134 valence electrons. The molecule has 2 aromatic rings. The summed E-state index contributed by atoms with van der Waals surface area (Å²) >= 11 is 0. The van der Waals surface area contributed by atoms with Crippen LogP contribution in [-0.4, -0.2) is 40.1 Å². The largest absolute Gasteiger partial charge is 0.495 e. The van der Waals surface area contributed by atoms with Gasteiger partial charge in [-0.15, -0.1) is 0 Å². The molecule has 7 nitrogen and oxygen atoms in total. The number of carbonyl (C=O) groups is 1. The van der Waals surface area contributed by atoms with Crippen molar-refractivity contribution < 1.29 is 27.2 Å². The first kappa shape index (κ1) is 18.8. The van der Waals surface area contributed by atoms with E-state index in [0.717, 1.165) is 0 Å². The van der Waals surface area contributed by atoms with E-state index >= 15 is 0 Å². The van der Waals surface area contributed by atoms with Crippen molar-refractivity contribution in [3.63, 3.8) is 0 Å². The highest BCUT2D eigenvalue weighted by atomic mass is 32.2. The lowest BCUT2D eigenvalue weighted by Gasteiger charge is -2.17. The number of rotatable bonds is 6. The molecule has 0 aromatic heterocycles. The number of hydroxylamine groups is 1. The lowest BCUT2D eigenvalue weighted by molar-refractivity contribution is -0.0259. The minimum atomic E-state index is -4.01. The van der Waals surface area contributed by atoms with Gasteiger partial charge in [0.05, 0.1) is 14.2 Å². The van der Waals surface area contributed by atoms with E-state index in [1.54, 1.807) is 0 Å². The summed E-state index contributed by atoms with van der Waals surface area (Å²) in [7, 11) is -0.265. The molecule has 2 aromatic carbocycles. The van der Waals surface area contributed by atoms with Gasteiger partial charge in [0.15, 0.2) is 0 Å². The molecule has 0 spiro atoms. The van der Waals surface area contributed by atoms with Crippen LogP contribution < -0.4 is 10.1 Å². The predicted octanol–water partition coefficient (Wildman–Crippen LogP) is 2.27. The van der Waals surface area contributed by atoms with Crippen LogP contribution in [0.3, 0.4) is 0 Å². The number of methoxy groups -OCH3 is 1. The molecule has 0 atom stereocenters. The molecule has 1 amide bonds. The second-order valence-electron chi connectivity index (χ2n) is 4.92. The first-order chi connectivity index (χ1) is 11.8. The van der Waals surface area contributed by atoms with Crippen LogP contribution in [0.2, 0.25) is 0 Å². The Kier molecular flexibility index (Phi) is 5.73. The van der Waals surface area contributed by atoms with Crippen LogP contribution in [-0.2, 0) is 14.9 Å². The molecule has 0 aliphatic carbocycles. The fraction of sp³-hybridized carbons (Fsp3) is 0.188. The second-order valence-corrected chi connectivity index (χ2v) is 6.83. The van der Waals surface area contributed by atoms with Crippen molar-refractivity contribution in [2.75, 3.05) is 26.6 Å². The standard InChI is InChI=1S/C16H17FN2O5S/c1-19(24-3)25(21,22)15-10-11(4-9-14(15)23-2)16(20)18-13-7-5-12(17)6-8-13/h4-10H,1-3H3,(H,18,20). The van der Waals surface area contributed by atoms with Crippen LogP contribution in [0.1, 0.15) is 10.4 Å². The van der Waals surface area contributed by atoms with Gasteiger partial charge in [-0.25, -0.2) is 12.8 Å². The van der Waals surface area contributed by atoms with E-state index in [1.165, 1.54) is 63.7 Å². The number of benzene rings is 2. The molecule has 0 saturated carbocycles. The van der Waals surface area contributed by atoms with Gasteiger partial charge in [0.1, 0.15) is 16.5 Å². The first-order valence-corrected chi connectivity index (χ1v) is 8.51. The fourth-order valence-corrected chi connectivity index (χ4v) is 3.15. The summed E-state index contributed by atoms with van der Waals surface area (Å²) in [5.74, 6) is -0.911. The summed E-state index contributed by atoms with van der Waals surface area (Å²) in [6.07, 6.45) is 0. The minimum Gasteiger partial charge on any atom is -0.495 e. The summed E-state index contributed by atoms with van der Waals surface area (Å²) in [5, 5.41) is 2.56. The molecule has 0 bridgehead atoms. The average Bonchev–Trinajstić information content (AvgIpc) is 2.62. The fourth-order valence-electron chi connectivity index (χ4n) is 1.99. The van der Waals surface area contributed by atoms with Gasteiger partial charge in [0, 0.05) is 18.3 Å². The Labute approximate surface area is 145 Å².